The lowest BCUT2D eigenvalue weighted by Gasteiger charge is -2.14. The quantitative estimate of drug-likeness (QED) is 0.624. The molecule has 1 aromatic rings. The van der Waals surface area contributed by atoms with Crippen LogP contribution >= 0.6 is 0 Å². The van der Waals surface area contributed by atoms with Gasteiger partial charge >= 0.3 is 5.69 Å². The molecular formula is C15H16N2O3. The maximum absolute atomic E-state index is 11.2. The number of nitro benzene ring substituents is 1. The Balaban J connectivity index is 2.03. The van der Waals surface area contributed by atoms with E-state index in [4.69, 9.17) is 4.74 Å². The topological polar surface area (TPSA) is 64.7 Å². The van der Waals surface area contributed by atoms with Crippen LogP contribution in [-0.4, -0.2) is 23.8 Å². The number of ether oxygens (including phenoxy) is 1. The predicted molar refractivity (Wildman–Crippen MR) is 77.4 cm³/mol. The molecule has 104 valence electrons. The van der Waals surface area contributed by atoms with Crippen molar-refractivity contribution in [3.8, 4) is 5.75 Å². The Bertz CT molecular complexity index is 616. The van der Waals surface area contributed by atoms with Crippen molar-refractivity contribution in [1.82, 2.24) is 0 Å². The second kappa shape index (κ2) is 5.07. The van der Waals surface area contributed by atoms with E-state index < -0.39 is 0 Å². The molecular weight excluding hydrogens is 256 g/mol. The minimum absolute atomic E-state index is 0.0585. The van der Waals surface area contributed by atoms with E-state index in [9.17, 15) is 10.1 Å². The molecule has 0 bridgehead atoms. The molecule has 0 radical (unpaired) electrons. The molecule has 1 aromatic carbocycles. The van der Waals surface area contributed by atoms with E-state index in [-0.39, 0.29) is 16.7 Å². The largest absolute Gasteiger partial charge is 0.483 e. The number of aliphatic imine (C=N–C) groups is 1. The van der Waals surface area contributed by atoms with Crippen LogP contribution in [0.25, 0.3) is 5.57 Å². The zero-order chi connectivity index (χ0) is 14.1. The molecule has 1 aliphatic heterocycles. The average Bonchev–Trinajstić information content (AvgIpc) is 3.25. The molecule has 1 fully saturated rings. The summed E-state index contributed by atoms with van der Waals surface area (Å²) in [5.41, 5.74) is 3.15. The summed E-state index contributed by atoms with van der Waals surface area (Å²) in [6.07, 6.45) is 6.73. The van der Waals surface area contributed by atoms with Gasteiger partial charge in [-0.3, -0.25) is 15.1 Å². The summed E-state index contributed by atoms with van der Waals surface area (Å²) in [5, 5.41) is 11.2. The molecule has 0 atom stereocenters. The molecule has 0 amide bonds. The fourth-order valence-corrected chi connectivity index (χ4v) is 2.33. The number of hydrogen-bond donors (Lipinski definition) is 0. The smallest absolute Gasteiger partial charge is 0.311 e. The van der Waals surface area contributed by atoms with Crippen molar-refractivity contribution in [3.63, 3.8) is 0 Å². The Morgan fingerprint density at radius 1 is 1.40 bits per heavy atom. The maximum atomic E-state index is 11.2. The van der Waals surface area contributed by atoms with Gasteiger partial charge in [-0.25, -0.2) is 0 Å². The van der Waals surface area contributed by atoms with Gasteiger partial charge in [-0.15, -0.1) is 0 Å². The van der Waals surface area contributed by atoms with E-state index in [2.05, 4.69) is 4.99 Å². The van der Waals surface area contributed by atoms with E-state index in [0.29, 0.717) is 5.75 Å². The first-order valence-corrected chi connectivity index (χ1v) is 6.80. The van der Waals surface area contributed by atoms with Gasteiger partial charge in [-0.05, 0) is 55.0 Å². The first-order valence-electron chi connectivity index (χ1n) is 6.80. The molecule has 1 heterocycles. The number of rotatable bonds is 4. The van der Waals surface area contributed by atoms with Crippen molar-refractivity contribution in [2.75, 3.05) is 6.54 Å². The van der Waals surface area contributed by atoms with Crippen LogP contribution in [0, 0.1) is 17.0 Å². The van der Waals surface area contributed by atoms with Crippen LogP contribution in [0.1, 0.15) is 30.4 Å². The van der Waals surface area contributed by atoms with Gasteiger partial charge in [0.05, 0.1) is 11.0 Å². The molecule has 0 spiro atoms. The van der Waals surface area contributed by atoms with Gasteiger partial charge in [-0.1, -0.05) is 0 Å². The predicted octanol–water partition coefficient (Wildman–Crippen LogP) is 3.30. The highest BCUT2D eigenvalue weighted by Crippen LogP contribution is 2.38. The number of benzene rings is 1. The summed E-state index contributed by atoms with van der Waals surface area (Å²) < 4.78 is 5.70. The number of aryl methyl sites for hydroxylation is 1. The zero-order valence-electron chi connectivity index (χ0n) is 11.3. The van der Waals surface area contributed by atoms with Crippen LogP contribution in [0.15, 0.2) is 23.2 Å². The second-order valence-corrected chi connectivity index (χ2v) is 5.21. The molecule has 0 unspecified atom stereocenters. The van der Waals surface area contributed by atoms with Gasteiger partial charge in [0.15, 0.2) is 5.75 Å². The lowest BCUT2D eigenvalue weighted by Crippen LogP contribution is -2.03. The molecule has 5 heteroatoms. The molecule has 20 heavy (non-hydrogen) atoms. The first kappa shape index (κ1) is 12.8. The number of dihydropyridines is 1. The van der Waals surface area contributed by atoms with Crippen molar-refractivity contribution in [2.24, 2.45) is 4.99 Å². The highest BCUT2D eigenvalue weighted by Gasteiger charge is 2.28. The lowest BCUT2D eigenvalue weighted by molar-refractivity contribution is -0.386. The van der Waals surface area contributed by atoms with Crippen molar-refractivity contribution in [3.05, 3.63) is 39.4 Å². The van der Waals surface area contributed by atoms with Crippen molar-refractivity contribution in [2.45, 2.75) is 32.3 Å². The van der Waals surface area contributed by atoms with Crippen molar-refractivity contribution < 1.29 is 9.66 Å². The Hall–Kier alpha value is -2.17. The summed E-state index contributed by atoms with van der Waals surface area (Å²) >= 11 is 0. The van der Waals surface area contributed by atoms with Gasteiger partial charge in [0.2, 0.25) is 0 Å². The lowest BCUT2D eigenvalue weighted by atomic mass is 9.96. The van der Waals surface area contributed by atoms with E-state index in [1.807, 2.05) is 19.1 Å². The monoisotopic (exact) mass is 272 g/mol. The maximum Gasteiger partial charge on any atom is 0.311 e. The van der Waals surface area contributed by atoms with Crippen LogP contribution in [0.4, 0.5) is 5.69 Å². The molecule has 5 nitrogen and oxygen atoms in total. The highest BCUT2D eigenvalue weighted by molar-refractivity contribution is 5.87. The summed E-state index contributed by atoms with van der Waals surface area (Å²) in [6, 6.07) is 3.43. The number of nitrogens with zero attached hydrogens (tertiary/aromatic N) is 2. The van der Waals surface area contributed by atoms with Crippen LogP contribution in [0.2, 0.25) is 0 Å². The number of nitro groups is 1. The minimum Gasteiger partial charge on any atom is -0.483 e. The molecule has 3 rings (SSSR count). The number of hydrogen-bond acceptors (Lipinski definition) is 4. The first-order chi connectivity index (χ1) is 9.65. The third-order valence-electron chi connectivity index (χ3n) is 3.56. The van der Waals surface area contributed by atoms with Gasteiger partial charge < -0.3 is 4.74 Å². The minimum atomic E-state index is -0.370. The fourth-order valence-electron chi connectivity index (χ4n) is 2.33. The Kier molecular flexibility index (Phi) is 3.26. The van der Waals surface area contributed by atoms with E-state index in [0.717, 1.165) is 42.5 Å². The molecule has 0 aromatic heterocycles. The van der Waals surface area contributed by atoms with E-state index in [1.165, 1.54) is 0 Å². The Labute approximate surface area is 117 Å². The summed E-state index contributed by atoms with van der Waals surface area (Å²) in [4.78, 5) is 15.0. The van der Waals surface area contributed by atoms with Crippen LogP contribution < -0.4 is 4.74 Å². The third kappa shape index (κ3) is 2.57. The van der Waals surface area contributed by atoms with Gasteiger partial charge in [-0.2, -0.15) is 0 Å². The van der Waals surface area contributed by atoms with Gasteiger partial charge in [0.25, 0.3) is 0 Å². The molecule has 0 N–H and O–H groups in total. The summed E-state index contributed by atoms with van der Waals surface area (Å²) in [7, 11) is 0. The second-order valence-electron chi connectivity index (χ2n) is 5.21. The van der Waals surface area contributed by atoms with Gasteiger partial charge in [0.1, 0.15) is 0 Å². The highest BCUT2D eigenvalue weighted by atomic mass is 16.6. The normalized spacial score (nSPS) is 17.8. The summed E-state index contributed by atoms with van der Waals surface area (Å²) in [5.74, 6) is 0.390. The molecule has 0 saturated heterocycles. The van der Waals surface area contributed by atoms with E-state index >= 15 is 0 Å². The number of allylic oxidation sites excluding steroid dienone is 1. The Morgan fingerprint density at radius 2 is 2.20 bits per heavy atom. The zero-order valence-corrected chi connectivity index (χ0v) is 11.3. The van der Waals surface area contributed by atoms with Gasteiger partial charge in [0, 0.05) is 18.8 Å². The fraction of sp³-hybridized carbons (Fsp3) is 0.400. The van der Waals surface area contributed by atoms with E-state index in [1.54, 1.807) is 12.3 Å². The molecule has 2 aliphatic rings. The summed E-state index contributed by atoms with van der Waals surface area (Å²) in [6.45, 7) is 2.66. The standard InChI is InChI=1S/C15H16N2O3/c1-10-8-14(17(18)19)15(20-12-2-3-12)9-13(10)11-4-6-16-7-5-11/h4,6,8-9,12H,2-3,5,7H2,1H3. The van der Waals surface area contributed by atoms with Crippen LogP contribution in [0.3, 0.4) is 0 Å². The molecule has 1 saturated carbocycles. The van der Waals surface area contributed by atoms with Crippen molar-refractivity contribution >= 4 is 17.5 Å². The average molecular weight is 272 g/mol. The Morgan fingerprint density at radius 3 is 2.80 bits per heavy atom. The van der Waals surface area contributed by atoms with Crippen molar-refractivity contribution in [1.29, 1.82) is 0 Å². The van der Waals surface area contributed by atoms with Crippen LogP contribution in [0.5, 0.6) is 5.75 Å². The van der Waals surface area contributed by atoms with Crippen LogP contribution in [-0.2, 0) is 0 Å². The third-order valence-corrected chi connectivity index (χ3v) is 3.56. The SMILES string of the molecule is Cc1cc([N+](=O)[O-])c(OC2CC2)cc1C1=CC=NCC1. The molecule has 1 aliphatic carbocycles.